The maximum absolute atomic E-state index is 12.5. The summed E-state index contributed by atoms with van der Waals surface area (Å²) in [5.41, 5.74) is 1.00. The molecule has 1 aliphatic rings. The first kappa shape index (κ1) is 22.1. The Labute approximate surface area is 181 Å². The zero-order chi connectivity index (χ0) is 20.9. The molecule has 3 rings (SSSR count). The Kier molecular flexibility index (Phi) is 7.56. The fourth-order valence-corrected chi connectivity index (χ4v) is 5.42. The molecule has 1 aromatic carbocycles. The molecule has 9 heteroatoms. The summed E-state index contributed by atoms with van der Waals surface area (Å²) in [6, 6.07) is 10.6. The van der Waals surface area contributed by atoms with Crippen LogP contribution in [-0.4, -0.2) is 42.5 Å². The van der Waals surface area contributed by atoms with Crippen LogP contribution < -0.4 is 5.32 Å². The van der Waals surface area contributed by atoms with E-state index in [0.29, 0.717) is 23.1 Å². The summed E-state index contributed by atoms with van der Waals surface area (Å²) in [6.45, 7) is 3.13. The Bertz CT molecular complexity index is 928. The number of hydrogen-bond donors (Lipinski definition) is 1. The van der Waals surface area contributed by atoms with E-state index in [2.05, 4.69) is 10.3 Å². The lowest BCUT2D eigenvalue weighted by Crippen LogP contribution is -2.29. The van der Waals surface area contributed by atoms with Gasteiger partial charge in [0.15, 0.2) is 0 Å². The fraction of sp³-hybridized carbons (Fsp3) is 0.400. The smallest absolute Gasteiger partial charge is 0.244 e. The molecule has 0 spiro atoms. The molecular formula is C20H24ClN3O3S2. The molecule has 1 saturated heterocycles. The number of carbonyl (C=O) groups is 1. The number of amides is 1. The van der Waals surface area contributed by atoms with E-state index in [-0.39, 0.29) is 22.6 Å². The maximum atomic E-state index is 12.5. The summed E-state index contributed by atoms with van der Waals surface area (Å²) in [4.78, 5) is 16.8. The Hall–Kier alpha value is -1.61. The van der Waals surface area contributed by atoms with E-state index in [1.807, 2.05) is 31.2 Å². The lowest BCUT2D eigenvalue weighted by molar-refractivity contribution is -0.119. The van der Waals surface area contributed by atoms with Gasteiger partial charge in [0.2, 0.25) is 15.9 Å². The van der Waals surface area contributed by atoms with Crippen molar-refractivity contribution in [3.63, 3.8) is 0 Å². The van der Waals surface area contributed by atoms with Gasteiger partial charge < -0.3 is 5.32 Å². The minimum atomic E-state index is -3.47. The van der Waals surface area contributed by atoms with Crippen molar-refractivity contribution in [2.75, 3.05) is 18.8 Å². The van der Waals surface area contributed by atoms with Gasteiger partial charge in [0.25, 0.3) is 0 Å². The summed E-state index contributed by atoms with van der Waals surface area (Å²) < 4.78 is 26.5. The number of thioether (sulfide) groups is 1. The van der Waals surface area contributed by atoms with Gasteiger partial charge in [-0.05, 0) is 49.1 Å². The largest absolute Gasteiger partial charge is 0.349 e. The number of nitrogens with zero attached hydrogens (tertiary/aromatic N) is 2. The molecule has 0 radical (unpaired) electrons. The summed E-state index contributed by atoms with van der Waals surface area (Å²) in [7, 11) is -3.47. The van der Waals surface area contributed by atoms with Crippen LogP contribution in [0.3, 0.4) is 0 Å². The predicted octanol–water partition coefficient (Wildman–Crippen LogP) is 3.88. The van der Waals surface area contributed by atoms with Gasteiger partial charge in [-0.3, -0.25) is 4.79 Å². The molecule has 0 bridgehead atoms. The fourth-order valence-electron chi connectivity index (χ4n) is 3.17. The summed E-state index contributed by atoms with van der Waals surface area (Å²) in [5, 5.41) is 4.28. The number of sulfonamides is 1. The van der Waals surface area contributed by atoms with Crippen LogP contribution in [-0.2, 0) is 14.8 Å². The van der Waals surface area contributed by atoms with Crippen molar-refractivity contribution in [3.05, 3.63) is 53.2 Å². The third kappa shape index (κ3) is 5.72. The topological polar surface area (TPSA) is 79.4 Å². The van der Waals surface area contributed by atoms with Crippen LogP contribution in [0.5, 0.6) is 0 Å². The van der Waals surface area contributed by atoms with Crippen molar-refractivity contribution in [1.29, 1.82) is 0 Å². The number of nitrogens with one attached hydrogen (secondary N) is 1. The van der Waals surface area contributed by atoms with Gasteiger partial charge in [-0.25, -0.2) is 13.4 Å². The third-order valence-corrected chi connectivity index (χ3v) is 7.86. The minimum Gasteiger partial charge on any atom is -0.349 e. The van der Waals surface area contributed by atoms with E-state index in [0.717, 1.165) is 24.8 Å². The van der Waals surface area contributed by atoms with Crippen molar-refractivity contribution in [2.24, 2.45) is 0 Å². The monoisotopic (exact) mass is 453 g/mol. The van der Waals surface area contributed by atoms with Crippen LogP contribution >= 0.6 is 23.4 Å². The zero-order valence-corrected chi connectivity index (χ0v) is 18.6. The highest BCUT2D eigenvalue weighted by Crippen LogP contribution is 2.23. The first-order valence-electron chi connectivity index (χ1n) is 9.54. The lowest BCUT2D eigenvalue weighted by Gasteiger charge is -2.17. The number of halogens is 1. The number of pyridine rings is 1. The van der Waals surface area contributed by atoms with Crippen LogP contribution in [0.15, 0.2) is 52.5 Å². The van der Waals surface area contributed by atoms with Crippen molar-refractivity contribution < 1.29 is 13.2 Å². The molecule has 0 saturated carbocycles. The molecule has 1 N–H and O–H groups in total. The lowest BCUT2D eigenvalue weighted by atomic mass is 10.0. The van der Waals surface area contributed by atoms with E-state index in [1.165, 1.54) is 22.3 Å². The number of aromatic nitrogens is 1. The van der Waals surface area contributed by atoms with Gasteiger partial charge in [0, 0.05) is 24.3 Å². The highest BCUT2D eigenvalue weighted by molar-refractivity contribution is 7.99. The highest BCUT2D eigenvalue weighted by atomic mass is 35.5. The Morgan fingerprint density at radius 1 is 1.21 bits per heavy atom. The molecular weight excluding hydrogens is 430 g/mol. The zero-order valence-electron chi connectivity index (χ0n) is 16.2. The summed E-state index contributed by atoms with van der Waals surface area (Å²) in [6.07, 6.45) is 3.92. The Morgan fingerprint density at radius 2 is 1.90 bits per heavy atom. The van der Waals surface area contributed by atoms with Crippen molar-refractivity contribution in [3.8, 4) is 0 Å². The van der Waals surface area contributed by atoms with Crippen molar-refractivity contribution in [1.82, 2.24) is 14.6 Å². The van der Waals surface area contributed by atoms with Crippen LogP contribution in [0.2, 0.25) is 5.02 Å². The number of benzene rings is 1. The Morgan fingerprint density at radius 3 is 2.48 bits per heavy atom. The maximum Gasteiger partial charge on any atom is 0.244 e. The van der Waals surface area contributed by atoms with Gasteiger partial charge in [-0.2, -0.15) is 4.31 Å². The van der Waals surface area contributed by atoms with Gasteiger partial charge in [-0.15, -0.1) is 0 Å². The average Bonchev–Trinajstić information content (AvgIpc) is 3.27. The molecule has 1 aliphatic heterocycles. The first-order chi connectivity index (χ1) is 13.9. The van der Waals surface area contributed by atoms with Crippen molar-refractivity contribution in [2.45, 2.75) is 42.1 Å². The number of hydrogen-bond acceptors (Lipinski definition) is 5. The summed E-state index contributed by atoms with van der Waals surface area (Å²) >= 11 is 7.20. The molecule has 2 heterocycles. The first-order valence-corrected chi connectivity index (χ1v) is 12.3. The average molecular weight is 454 g/mol. The molecule has 0 aliphatic carbocycles. The Balaban J connectivity index is 1.55. The molecule has 1 atom stereocenters. The van der Waals surface area contributed by atoms with E-state index in [4.69, 9.17) is 11.6 Å². The summed E-state index contributed by atoms with van der Waals surface area (Å²) in [5.74, 6) is 0.0994. The molecule has 29 heavy (non-hydrogen) atoms. The van der Waals surface area contributed by atoms with Crippen LogP contribution in [0, 0.1) is 0 Å². The van der Waals surface area contributed by atoms with E-state index < -0.39 is 10.0 Å². The molecule has 6 nitrogen and oxygen atoms in total. The number of carbonyl (C=O) groups excluding carboxylic acids is 1. The van der Waals surface area contributed by atoms with E-state index in [1.54, 1.807) is 12.1 Å². The SMILES string of the molecule is CCC(NC(=O)CSc1ccc(S(=O)(=O)N2CCCC2)cn1)c1ccc(Cl)cc1. The molecule has 1 fully saturated rings. The molecule has 156 valence electrons. The quantitative estimate of drug-likeness (QED) is 0.613. The van der Waals surface area contributed by atoms with Crippen LogP contribution in [0.25, 0.3) is 0 Å². The predicted molar refractivity (Wildman–Crippen MR) is 116 cm³/mol. The molecule has 2 aromatic rings. The standard InChI is InChI=1S/C20H24ClN3O3S2/c1-2-18(15-5-7-16(21)8-6-15)23-19(25)14-28-20-10-9-17(13-22-20)29(26,27)24-11-3-4-12-24/h5-10,13,18H,2-4,11-12,14H2,1H3,(H,23,25). The molecule has 1 unspecified atom stereocenters. The molecule has 1 amide bonds. The van der Waals surface area contributed by atoms with Crippen LogP contribution in [0.1, 0.15) is 37.8 Å². The third-order valence-electron chi connectivity index (χ3n) is 4.78. The van der Waals surface area contributed by atoms with E-state index >= 15 is 0 Å². The second kappa shape index (κ2) is 9.93. The minimum absolute atomic E-state index is 0.0821. The molecule has 1 aromatic heterocycles. The van der Waals surface area contributed by atoms with Gasteiger partial charge in [-0.1, -0.05) is 42.4 Å². The second-order valence-corrected chi connectivity index (χ2v) is 10.2. The highest BCUT2D eigenvalue weighted by Gasteiger charge is 2.27. The van der Waals surface area contributed by atoms with E-state index in [9.17, 15) is 13.2 Å². The van der Waals surface area contributed by atoms with Crippen molar-refractivity contribution >= 4 is 39.3 Å². The van der Waals surface area contributed by atoms with Gasteiger partial charge >= 0.3 is 0 Å². The second-order valence-electron chi connectivity index (χ2n) is 6.81. The normalized spacial score (nSPS) is 15.9. The van der Waals surface area contributed by atoms with Gasteiger partial charge in [0.1, 0.15) is 4.90 Å². The van der Waals surface area contributed by atoms with Gasteiger partial charge in [0.05, 0.1) is 16.8 Å². The number of rotatable bonds is 8. The van der Waals surface area contributed by atoms with Crippen LogP contribution in [0.4, 0.5) is 0 Å².